The summed E-state index contributed by atoms with van der Waals surface area (Å²) in [6, 6.07) is 9.48. The third-order valence-electron chi connectivity index (χ3n) is 4.42. The van der Waals surface area contributed by atoms with E-state index in [4.69, 9.17) is 11.6 Å². The monoisotopic (exact) mass is 449 g/mol. The summed E-state index contributed by atoms with van der Waals surface area (Å²) < 4.78 is 28.3. The fourth-order valence-corrected chi connectivity index (χ4v) is 4.98. The van der Waals surface area contributed by atoms with Crippen LogP contribution in [0.15, 0.2) is 58.9 Å². The molecule has 0 aliphatic heterocycles. The second-order valence-corrected chi connectivity index (χ2v) is 10.1. The minimum atomic E-state index is -3.55. The summed E-state index contributed by atoms with van der Waals surface area (Å²) in [4.78, 5) is 17.6. The molecule has 2 aromatic carbocycles. The molecule has 0 aliphatic rings. The molecule has 1 amide bonds. The number of halogens is 1. The molecule has 0 saturated carbocycles. The SMILES string of the molecule is C=CCn1c(=NC(=O)c2ccc(S(=O)(=O)N(C)C)cc2)sc2ccc(Cl)c(C)c21. The molecule has 152 valence electrons. The van der Waals surface area contributed by atoms with Crippen molar-refractivity contribution in [1.82, 2.24) is 8.87 Å². The molecular weight excluding hydrogens is 430 g/mol. The lowest BCUT2D eigenvalue weighted by molar-refractivity contribution is 0.0998. The molecule has 3 aromatic rings. The van der Waals surface area contributed by atoms with E-state index in [0.717, 1.165) is 20.1 Å². The van der Waals surface area contributed by atoms with Crippen LogP contribution < -0.4 is 4.80 Å². The van der Waals surface area contributed by atoms with Crippen LogP contribution in [0, 0.1) is 6.92 Å². The van der Waals surface area contributed by atoms with Crippen molar-refractivity contribution in [3.63, 3.8) is 0 Å². The van der Waals surface area contributed by atoms with Crippen LogP contribution in [0.25, 0.3) is 10.2 Å². The lowest BCUT2D eigenvalue weighted by Crippen LogP contribution is -2.22. The Hall–Kier alpha value is -2.26. The number of aryl methyl sites for hydroxylation is 1. The fraction of sp³-hybridized carbons (Fsp3) is 0.200. The van der Waals surface area contributed by atoms with Gasteiger partial charge in [-0.2, -0.15) is 4.99 Å². The maximum Gasteiger partial charge on any atom is 0.279 e. The van der Waals surface area contributed by atoms with Gasteiger partial charge in [0.1, 0.15) is 0 Å². The van der Waals surface area contributed by atoms with Crippen molar-refractivity contribution in [2.45, 2.75) is 18.4 Å². The van der Waals surface area contributed by atoms with Gasteiger partial charge in [-0.3, -0.25) is 4.79 Å². The molecule has 0 aliphatic carbocycles. The molecule has 29 heavy (non-hydrogen) atoms. The molecule has 0 bridgehead atoms. The number of allylic oxidation sites excluding steroid dienone is 1. The van der Waals surface area contributed by atoms with E-state index in [0.29, 0.717) is 21.9 Å². The van der Waals surface area contributed by atoms with E-state index in [2.05, 4.69) is 11.6 Å². The van der Waals surface area contributed by atoms with Gasteiger partial charge in [0, 0.05) is 31.2 Å². The van der Waals surface area contributed by atoms with Crippen molar-refractivity contribution in [2.24, 2.45) is 4.99 Å². The van der Waals surface area contributed by atoms with E-state index in [-0.39, 0.29) is 4.90 Å². The highest BCUT2D eigenvalue weighted by Gasteiger charge is 2.18. The molecule has 0 fully saturated rings. The van der Waals surface area contributed by atoms with Crippen LogP contribution in [-0.2, 0) is 16.6 Å². The summed E-state index contributed by atoms with van der Waals surface area (Å²) >= 11 is 7.65. The first kappa shape index (κ1) is 21.4. The van der Waals surface area contributed by atoms with Crippen LogP contribution >= 0.6 is 22.9 Å². The Kier molecular flexibility index (Phi) is 6.09. The number of thiazole rings is 1. The van der Waals surface area contributed by atoms with Crippen LogP contribution in [0.3, 0.4) is 0 Å². The summed E-state index contributed by atoms with van der Waals surface area (Å²) in [6.07, 6.45) is 1.73. The predicted octanol–water partition coefficient (Wildman–Crippen LogP) is 3.84. The van der Waals surface area contributed by atoms with E-state index in [1.165, 1.54) is 49.7 Å². The molecule has 0 unspecified atom stereocenters. The highest BCUT2D eigenvalue weighted by molar-refractivity contribution is 7.89. The van der Waals surface area contributed by atoms with Gasteiger partial charge >= 0.3 is 0 Å². The highest BCUT2D eigenvalue weighted by Crippen LogP contribution is 2.27. The number of hydrogen-bond donors (Lipinski definition) is 0. The van der Waals surface area contributed by atoms with Gasteiger partial charge < -0.3 is 4.57 Å². The van der Waals surface area contributed by atoms with Gasteiger partial charge in [-0.1, -0.05) is 29.0 Å². The molecule has 0 N–H and O–H groups in total. The average molecular weight is 450 g/mol. The number of amides is 1. The molecule has 1 heterocycles. The molecule has 0 saturated heterocycles. The van der Waals surface area contributed by atoms with Gasteiger partial charge in [-0.15, -0.1) is 6.58 Å². The van der Waals surface area contributed by atoms with Gasteiger partial charge in [0.2, 0.25) is 10.0 Å². The quantitative estimate of drug-likeness (QED) is 0.555. The van der Waals surface area contributed by atoms with E-state index in [9.17, 15) is 13.2 Å². The van der Waals surface area contributed by atoms with E-state index >= 15 is 0 Å². The third-order valence-corrected chi connectivity index (χ3v) is 7.70. The number of carbonyl (C=O) groups is 1. The second-order valence-electron chi connectivity index (χ2n) is 6.53. The molecule has 3 rings (SSSR count). The van der Waals surface area contributed by atoms with Gasteiger partial charge in [-0.05, 0) is 48.9 Å². The zero-order valence-corrected chi connectivity index (χ0v) is 18.6. The molecule has 0 radical (unpaired) electrons. The fourth-order valence-electron chi connectivity index (χ4n) is 2.83. The zero-order valence-electron chi connectivity index (χ0n) is 16.2. The molecule has 9 heteroatoms. The van der Waals surface area contributed by atoms with Crippen molar-refractivity contribution in [3.8, 4) is 0 Å². The Morgan fingerprint density at radius 3 is 2.48 bits per heavy atom. The maximum atomic E-state index is 12.7. The standard InChI is InChI=1S/C20H20ClN3O3S2/c1-5-12-24-18-13(2)16(21)10-11-17(18)28-20(24)22-19(25)14-6-8-15(9-7-14)29(26,27)23(3)4/h5-11H,1,12H2,2-4H3. The van der Waals surface area contributed by atoms with Gasteiger partial charge in [-0.25, -0.2) is 12.7 Å². The minimum absolute atomic E-state index is 0.118. The Balaban J connectivity index is 2.07. The zero-order chi connectivity index (χ0) is 21.3. The Morgan fingerprint density at radius 1 is 1.24 bits per heavy atom. The van der Waals surface area contributed by atoms with Crippen LogP contribution in [0.5, 0.6) is 0 Å². The first-order chi connectivity index (χ1) is 13.7. The van der Waals surface area contributed by atoms with Crippen LogP contribution in [0.2, 0.25) is 5.02 Å². The molecule has 0 spiro atoms. The van der Waals surface area contributed by atoms with Crippen molar-refractivity contribution in [3.05, 3.63) is 70.0 Å². The second kappa shape index (κ2) is 8.23. The summed E-state index contributed by atoms with van der Waals surface area (Å²) in [5.74, 6) is -0.452. The van der Waals surface area contributed by atoms with Gasteiger partial charge in [0.05, 0.1) is 15.1 Å². The lowest BCUT2D eigenvalue weighted by Gasteiger charge is -2.11. The van der Waals surface area contributed by atoms with Gasteiger partial charge in [0.15, 0.2) is 4.80 Å². The van der Waals surface area contributed by atoms with E-state index in [1.807, 2.05) is 23.6 Å². The van der Waals surface area contributed by atoms with Crippen LogP contribution in [-0.4, -0.2) is 37.3 Å². The topological polar surface area (TPSA) is 71.7 Å². The number of carbonyl (C=O) groups excluding carboxylic acids is 1. The van der Waals surface area contributed by atoms with Crippen molar-refractivity contribution >= 4 is 49.1 Å². The van der Waals surface area contributed by atoms with Crippen LogP contribution in [0.1, 0.15) is 15.9 Å². The summed E-state index contributed by atoms with van der Waals surface area (Å²) in [5.41, 5.74) is 2.14. The van der Waals surface area contributed by atoms with Crippen molar-refractivity contribution < 1.29 is 13.2 Å². The maximum absolute atomic E-state index is 12.7. The number of benzene rings is 2. The molecular formula is C20H20ClN3O3S2. The Labute approximate surface area is 178 Å². The van der Waals surface area contributed by atoms with Crippen molar-refractivity contribution in [1.29, 1.82) is 0 Å². The average Bonchev–Trinajstić information content (AvgIpc) is 3.03. The third kappa shape index (κ3) is 4.06. The summed E-state index contributed by atoms with van der Waals surface area (Å²) in [5, 5.41) is 0.642. The number of hydrogen-bond acceptors (Lipinski definition) is 4. The number of sulfonamides is 1. The normalized spacial score (nSPS) is 12.7. The van der Waals surface area contributed by atoms with E-state index < -0.39 is 15.9 Å². The number of fused-ring (bicyclic) bond motifs is 1. The van der Waals surface area contributed by atoms with Crippen LogP contribution in [0.4, 0.5) is 0 Å². The minimum Gasteiger partial charge on any atom is -0.312 e. The Morgan fingerprint density at radius 2 is 1.90 bits per heavy atom. The predicted molar refractivity (Wildman–Crippen MR) is 117 cm³/mol. The smallest absolute Gasteiger partial charge is 0.279 e. The number of rotatable bonds is 5. The number of aromatic nitrogens is 1. The highest BCUT2D eigenvalue weighted by atomic mass is 35.5. The Bertz CT molecular complexity index is 1270. The summed E-state index contributed by atoms with van der Waals surface area (Å²) in [6.45, 7) is 6.19. The number of nitrogens with zero attached hydrogens (tertiary/aromatic N) is 3. The first-order valence-electron chi connectivity index (χ1n) is 8.68. The molecule has 0 atom stereocenters. The van der Waals surface area contributed by atoms with E-state index in [1.54, 1.807) is 6.08 Å². The lowest BCUT2D eigenvalue weighted by atomic mass is 10.2. The summed E-state index contributed by atoms with van der Waals surface area (Å²) in [7, 11) is -0.640. The largest absolute Gasteiger partial charge is 0.312 e. The molecule has 1 aromatic heterocycles. The first-order valence-corrected chi connectivity index (χ1v) is 11.3. The van der Waals surface area contributed by atoms with Crippen molar-refractivity contribution in [2.75, 3.05) is 14.1 Å². The molecule has 6 nitrogen and oxygen atoms in total. The van der Waals surface area contributed by atoms with Gasteiger partial charge in [0.25, 0.3) is 5.91 Å².